The van der Waals surface area contributed by atoms with Crippen LogP contribution in [0.3, 0.4) is 0 Å². The highest BCUT2D eigenvalue weighted by Gasteiger charge is 2.12. The van der Waals surface area contributed by atoms with Crippen LogP contribution in [0.1, 0.15) is 22.8 Å². The van der Waals surface area contributed by atoms with Gasteiger partial charge in [-0.1, -0.05) is 17.7 Å². The fourth-order valence-corrected chi connectivity index (χ4v) is 2.94. The molecule has 3 rings (SSSR count). The number of ether oxygens (including phenoxy) is 3. The molecule has 3 aromatic rings. The van der Waals surface area contributed by atoms with E-state index in [1.807, 2.05) is 31.2 Å². The number of halogens is 1. The zero-order valence-corrected chi connectivity index (χ0v) is 17.0. The number of rotatable bonds is 8. The highest BCUT2D eigenvalue weighted by Crippen LogP contribution is 2.24. The summed E-state index contributed by atoms with van der Waals surface area (Å²) < 4.78 is 16.6. The summed E-state index contributed by atoms with van der Waals surface area (Å²) in [6.07, 6.45) is 0. The highest BCUT2D eigenvalue weighted by atomic mass is 35.5. The minimum Gasteiger partial charge on any atom is -0.496 e. The number of amides is 1. The van der Waals surface area contributed by atoms with Gasteiger partial charge in [-0.05, 0) is 67.6 Å². The number of benzene rings is 3. The van der Waals surface area contributed by atoms with Crippen molar-refractivity contribution in [3.63, 3.8) is 0 Å². The minimum absolute atomic E-state index is 0.221. The Morgan fingerprint density at radius 2 is 1.76 bits per heavy atom. The van der Waals surface area contributed by atoms with Crippen LogP contribution in [0, 0.1) is 0 Å². The fourth-order valence-electron chi connectivity index (χ4n) is 2.75. The molecule has 0 aliphatic carbocycles. The van der Waals surface area contributed by atoms with Gasteiger partial charge in [-0.2, -0.15) is 0 Å². The van der Waals surface area contributed by atoms with Crippen molar-refractivity contribution in [2.75, 3.05) is 19.0 Å². The van der Waals surface area contributed by atoms with E-state index in [1.165, 1.54) is 0 Å². The first-order chi connectivity index (χ1) is 14.1. The monoisotopic (exact) mass is 411 g/mol. The van der Waals surface area contributed by atoms with Gasteiger partial charge < -0.3 is 19.5 Å². The van der Waals surface area contributed by atoms with Gasteiger partial charge >= 0.3 is 0 Å². The molecule has 0 aliphatic rings. The zero-order valence-electron chi connectivity index (χ0n) is 16.3. The first-order valence-electron chi connectivity index (χ1n) is 9.18. The molecule has 5 nitrogen and oxygen atoms in total. The Morgan fingerprint density at radius 3 is 2.45 bits per heavy atom. The Balaban J connectivity index is 1.72. The van der Waals surface area contributed by atoms with Gasteiger partial charge in [-0.3, -0.25) is 4.79 Å². The largest absolute Gasteiger partial charge is 0.496 e. The van der Waals surface area contributed by atoms with Crippen molar-refractivity contribution >= 4 is 23.2 Å². The number of nitrogens with one attached hydrogen (secondary N) is 1. The van der Waals surface area contributed by atoms with E-state index in [0.717, 1.165) is 11.3 Å². The number of anilines is 1. The second kappa shape index (κ2) is 9.85. The van der Waals surface area contributed by atoms with E-state index in [4.69, 9.17) is 25.8 Å². The van der Waals surface area contributed by atoms with Gasteiger partial charge in [-0.15, -0.1) is 0 Å². The molecule has 0 radical (unpaired) electrons. The molecule has 0 saturated heterocycles. The average Bonchev–Trinajstić information content (AvgIpc) is 2.73. The smallest absolute Gasteiger partial charge is 0.255 e. The van der Waals surface area contributed by atoms with Crippen LogP contribution in [0.4, 0.5) is 5.69 Å². The molecule has 6 heteroatoms. The molecular weight excluding hydrogens is 390 g/mol. The lowest BCUT2D eigenvalue weighted by Crippen LogP contribution is -2.13. The van der Waals surface area contributed by atoms with Gasteiger partial charge in [0.1, 0.15) is 23.9 Å². The van der Waals surface area contributed by atoms with Gasteiger partial charge in [0, 0.05) is 21.8 Å². The van der Waals surface area contributed by atoms with Crippen LogP contribution >= 0.6 is 11.6 Å². The summed E-state index contributed by atoms with van der Waals surface area (Å²) in [6, 6.07) is 19.6. The first-order valence-corrected chi connectivity index (χ1v) is 9.56. The maximum atomic E-state index is 12.7. The topological polar surface area (TPSA) is 56.8 Å². The van der Waals surface area contributed by atoms with Crippen LogP contribution in [0.2, 0.25) is 5.02 Å². The van der Waals surface area contributed by atoms with E-state index in [-0.39, 0.29) is 12.5 Å². The quantitative estimate of drug-likeness (QED) is 0.525. The summed E-state index contributed by atoms with van der Waals surface area (Å²) in [5.41, 5.74) is 1.95. The third kappa shape index (κ3) is 5.65. The number of carbonyl (C=O) groups excluding carboxylic acids is 1. The normalized spacial score (nSPS) is 10.3. The molecule has 0 atom stereocenters. The SMILES string of the molecule is CCOc1ccc(NC(=O)c2ccc(OC)c(COc3cccc(Cl)c3)c2)cc1. The van der Waals surface area contributed by atoms with Crippen molar-refractivity contribution in [2.45, 2.75) is 13.5 Å². The summed E-state index contributed by atoms with van der Waals surface area (Å²) in [6.45, 7) is 2.76. The van der Waals surface area contributed by atoms with Crippen molar-refractivity contribution in [3.05, 3.63) is 82.9 Å². The van der Waals surface area contributed by atoms with Gasteiger partial charge in [0.15, 0.2) is 0 Å². The van der Waals surface area contributed by atoms with Crippen LogP contribution in [0.15, 0.2) is 66.7 Å². The van der Waals surface area contributed by atoms with E-state index in [2.05, 4.69) is 5.32 Å². The van der Waals surface area contributed by atoms with E-state index >= 15 is 0 Å². The number of carbonyl (C=O) groups is 1. The summed E-state index contributed by atoms with van der Waals surface area (Å²) in [5, 5.41) is 3.48. The molecule has 0 aliphatic heterocycles. The Morgan fingerprint density at radius 1 is 0.966 bits per heavy atom. The van der Waals surface area contributed by atoms with Crippen molar-refractivity contribution in [2.24, 2.45) is 0 Å². The maximum absolute atomic E-state index is 12.7. The summed E-state index contributed by atoms with van der Waals surface area (Å²) in [4.78, 5) is 12.7. The molecule has 3 aromatic carbocycles. The lowest BCUT2D eigenvalue weighted by molar-refractivity contribution is 0.102. The zero-order chi connectivity index (χ0) is 20.6. The second-order valence-corrected chi connectivity index (χ2v) is 6.62. The summed E-state index contributed by atoms with van der Waals surface area (Å²) >= 11 is 5.99. The van der Waals surface area contributed by atoms with Crippen LogP contribution in [0.25, 0.3) is 0 Å². The van der Waals surface area contributed by atoms with Gasteiger partial charge in [0.2, 0.25) is 0 Å². The van der Waals surface area contributed by atoms with Crippen molar-refractivity contribution in [1.29, 1.82) is 0 Å². The molecule has 0 fully saturated rings. The third-order valence-electron chi connectivity index (χ3n) is 4.16. The molecule has 1 N–H and O–H groups in total. The van der Waals surface area contributed by atoms with Crippen molar-refractivity contribution < 1.29 is 19.0 Å². The Hall–Kier alpha value is -3.18. The van der Waals surface area contributed by atoms with E-state index in [9.17, 15) is 4.79 Å². The highest BCUT2D eigenvalue weighted by molar-refractivity contribution is 6.30. The number of hydrogen-bond acceptors (Lipinski definition) is 4. The molecule has 0 saturated carbocycles. The van der Waals surface area contributed by atoms with Gasteiger partial charge in [0.25, 0.3) is 5.91 Å². The molecule has 150 valence electrons. The summed E-state index contributed by atoms with van der Waals surface area (Å²) in [5.74, 6) is 1.82. The summed E-state index contributed by atoms with van der Waals surface area (Å²) in [7, 11) is 1.58. The van der Waals surface area contributed by atoms with Gasteiger partial charge in [0.05, 0.1) is 13.7 Å². The van der Waals surface area contributed by atoms with Crippen LogP contribution in [0.5, 0.6) is 17.2 Å². The predicted octanol–water partition coefficient (Wildman–Crippen LogP) is 5.58. The Kier molecular flexibility index (Phi) is 6.98. The van der Waals surface area contributed by atoms with Crippen LogP contribution in [-0.2, 0) is 6.61 Å². The molecule has 0 aromatic heterocycles. The molecule has 29 heavy (non-hydrogen) atoms. The lowest BCUT2D eigenvalue weighted by Gasteiger charge is -2.13. The molecule has 0 bridgehead atoms. The fraction of sp³-hybridized carbons (Fsp3) is 0.174. The molecule has 0 unspecified atom stereocenters. The van der Waals surface area contributed by atoms with Crippen molar-refractivity contribution in [1.82, 2.24) is 0 Å². The predicted molar refractivity (Wildman–Crippen MR) is 114 cm³/mol. The van der Waals surface area contributed by atoms with E-state index in [1.54, 1.807) is 49.6 Å². The van der Waals surface area contributed by atoms with E-state index in [0.29, 0.717) is 34.4 Å². The lowest BCUT2D eigenvalue weighted by atomic mass is 10.1. The second-order valence-electron chi connectivity index (χ2n) is 6.18. The minimum atomic E-state index is -0.221. The third-order valence-corrected chi connectivity index (χ3v) is 4.39. The number of methoxy groups -OCH3 is 1. The van der Waals surface area contributed by atoms with Crippen LogP contribution in [-0.4, -0.2) is 19.6 Å². The maximum Gasteiger partial charge on any atom is 0.255 e. The van der Waals surface area contributed by atoms with Gasteiger partial charge in [-0.25, -0.2) is 0 Å². The Bertz CT molecular complexity index is 973. The Labute approximate surface area is 175 Å². The molecule has 0 heterocycles. The van der Waals surface area contributed by atoms with Crippen molar-refractivity contribution in [3.8, 4) is 17.2 Å². The van der Waals surface area contributed by atoms with E-state index < -0.39 is 0 Å². The molecular formula is C23H22ClNO4. The average molecular weight is 412 g/mol. The number of hydrogen-bond donors (Lipinski definition) is 1. The van der Waals surface area contributed by atoms with Crippen LogP contribution < -0.4 is 19.5 Å². The molecule has 1 amide bonds. The standard InChI is InChI=1S/C23H22ClNO4/c1-3-28-20-10-8-19(9-11-20)25-23(26)16-7-12-22(27-2)17(13-16)15-29-21-6-4-5-18(24)14-21/h4-14H,3,15H2,1-2H3,(H,25,26). The molecule has 0 spiro atoms. The first kappa shape index (κ1) is 20.6.